The quantitative estimate of drug-likeness (QED) is 0.727. The predicted octanol–water partition coefficient (Wildman–Crippen LogP) is 0.213. The van der Waals surface area contributed by atoms with Crippen molar-refractivity contribution < 1.29 is 4.90 Å². The molecule has 0 spiro atoms. The Labute approximate surface area is 83.4 Å². The fourth-order valence-corrected chi connectivity index (χ4v) is 2.67. The fourth-order valence-electron chi connectivity index (χ4n) is 1.60. The molecule has 1 fully saturated rings. The highest BCUT2D eigenvalue weighted by Gasteiger charge is 2.13. The maximum Gasteiger partial charge on any atom is 0.120 e. The number of thioether (sulfide) groups is 1. The third-order valence-electron chi connectivity index (χ3n) is 2.36. The predicted molar refractivity (Wildman–Crippen MR) is 56.0 cm³/mol. The van der Waals surface area contributed by atoms with E-state index in [0.717, 1.165) is 6.54 Å². The van der Waals surface area contributed by atoms with Crippen molar-refractivity contribution in [2.45, 2.75) is 6.54 Å². The SMILES string of the molecule is c1ccc(C[NH+]2CCSCC2)nc1. The Bertz CT molecular complexity index is 244. The molecule has 0 aliphatic carbocycles. The molecular formula is C10H15N2S+. The summed E-state index contributed by atoms with van der Waals surface area (Å²) >= 11 is 2.07. The first kappa shape index (κ1) is 9.03. The number of hydrogen-bond donors (Lipinski definition) is 1. The van der Waals surface area contributed by atoms with Gasteiger partial charge in [-0.05, 0) is 12.1 Å². The topological polar surface area (TPSA) is 17.3 Å². The summed E-state index contributed by atoms with van der Waals surface area (Å²) in [5.41, 5.74) is 1.23. The van der Waals surface area contributed by atoms with Gasteiger partial charge in [-0.3, -0.25) is 4.98 Å². The minimum absolute atomic E-state index is 1.10. The summed E-state index contributed by atoms with van der Waals surface area (Å²) in [6, 6.07) is 6.17. The van der Waals surface area contributed by atoms with E-state index in [1.807, 2.05) is 12.3 Å². The van der Waals surface area contributed by atoms with Gasteiger partial charge in [0.1, 0.15) is 6.54 Å². The average molecular weight is 195 g/mol. The Morgan fingerprint density at radius 3 is 2.85 bits per heavy atom. The Balaban J connectivity index is 1.90. The first-order chi connectivity index (χ1) is 6.45. The second-order valence-electron chi connectivity index (χ2n) is 3.36. The van der Waals surface area contributed by atoms with Crippen molar-refractivity contribution in [2.75, 3.05) is 24.6 Å². The lowest BCUT2D eigenvalue weighted by Crippen LogP contribution is -3.12. The molecule has 0 aromatic carbocycles. The van der Waals surface area contributed by atoms with Crippen LogP contribution < -0.4 is 4.90 Å². The lowest BCUT2D eigenvalue weighted by molar-refractivity contribution is -0.910. The molecule has 1 aliphatic heterocycles. The van der Waals surface area contributed by atoms with E-state index in [1.165, 1.54) is 30.3 Å². The smallest absolute Gasteiger partial charge is 0.120 e. The number of pyridine rings is 1. The van der Waals surface area contributed by atoms with E-state index in [0.29, 0.717) is 0 Å². The molecule has 0 radical (unpaired) electrons. The summed E-state index contributed by atoms with van der Waals surface area (Å²) in [6.45, 7) is 3.68. The Hall–Kier alpha value is -0.540. The molecule has 70 valence electrons. The molecule has 0 unspecified atom stereocenters. The zero-order valence-corrected chi connectivity index (χ0v) is 8.52. The second-order valence-corrected chi connectivity index (χ2v) is 4.58. The molecular weight excluding hydrogens is 180 g/mol. The molecule has 1 aromatic heterocycles. The third-order valence-corrected chi connectivity index (χ3v) is 3.34. The van der Waals surface area contributed by atoms with Crippen LogP contribution in [0.3, 0.4) is 0 Å². The van der Waals surface area contributed by atoms with E-state index in [4.69, 9.17) is 0 Å². The number of aromatic nitrogens is 1. The van der Waals surface area contributed by atoms with E-state index in [1.54, 1.807) is 4.90 Å². The zero-order chi connectivity index (χ0) is 8.93. The van der Waals surface area contributed by atoms with Crippen LogP contribution in [0.5, 0.6) is 0 Å². The minimum Gasteiger partial charge on any atom is -0.329 e. The second kappa shape index (κ2) is 4.63. The number of hydrogen-bond acceptors (Lipinski definition) is 2. The number of nitrogens with one attached hydrogen (secondary N) is 1. The number of quaternary nitrogens is 1. The van der Waals surface area contributed by atoms with Crippen molar-refractivity contribution in [1.82, 2.24) is 4.98 Å². The maximum atomic E-state index is 4.35. The Morgan fingerprint density at radius 2 is 2.15 bits per heavy atom. The average Bonchev–Trinajstić information content (AvgIpc) is 2.21. The Kier molecular flexibility index (Phi) is 3.22. The summed E-state index contributed by atoms with van der Waals surface area (Å²) in [7, 11) is 0. The maximum absolute atomic E-state index is 4.35. The summed E-state index contributed by atoms with van der Waals surface area (Å²) in [5, 5.41) is 0. The molecule has 1 aromatic rings. The molecule has 2 heterocycles. The van der Waals surface area contributed by atoms with Gasteiger partial charge in [-0.1, -0.05) is 6.07 Å². The van der Waals surface area contributed by atoms with Crippen LogP contribution in [0.25, 0.3) is 0 Å². The van der Waals surface area contributed by atoms with Crippen LogP contribution in [0.15, 0.2) is 24.4 Å². The minimum atomic E-state index is 1.10. The molecule has 3 heteroatoms. The van der Waals surface area contributed by atoms with Crippen molar-refractivity contribution in [3.8, 4) is 0 Å². The molecule has 2 rings (SSSR count). The molecule has 1 saturated heterocycles. The summed E-state index contributed by atoms with van der Waals surface area (Å²) in [4.78, 5) is 6.02. The third kappa shape index (κ3) is 2.71. The first-order valence-electron chi connectivity index (χ1n) is 4.76. The molecule has 0 saturated carbocycles. The number of rotatable bonds is 2. The molecule has 0 amide bonds. The van der Waals surface area contributed by atoms with Crippen LogP contribution in [-0.2, 0) is 6.54 Å². The lowest BCUT2D eigenvalue weighted by Gasteiger charge is -2.22. The number of nitrogens with zero attached hydrogens (tertiary/aromatic N) is 1. The van der Waals surface area contributed by atoms with E-state index in [2.05, 4.69) is 28.9 Å². The van der Waals surface area contributed by atoms with E-state index >= 15 is 0 Å². The summed E-state index contributed by atoms with van der Waals surface area (Å²) in [6.07, 6.45) is 1.88. The van der Waals surface area contributed by atoms with E-state index in [-0.39, 0.29) is 0 Å². The van der Waals surface area contributed by atoms with Gasteiger partial charge in [0.2, 0.25) is 0 Å². The van der Waals surface area contributed by atoms with Crippen LogP contribution in [0.1, 0.15) is 5.69 Å². The standard InChI is InChI=1S/C10H14N2S/c1-2-4-11-10(3-1)9-12-5-7-13-8-6-12/h1-4H,5-9H2/p+1. The summed E-state index contributed by atoms with van der Waals surface area (Å²) in [5.74, 6) is 2.62. The summed E-state index contributed by atoms with van der Waals surface area (Å²) < 4.78 is 0. The van der Waals surface area contributed by atoms with E-state index < -0.39 is 0 Å². The van der Waals surface area contributed by atoms with Crippen LogP contribution >= 0.6 is 11.8 Å². The fraction of sp³-hybridized carbons (Fsp3) is 0.500. The van der Waals surface area contributed by atoms with Crippen LogP contribution in [0.2, 0.25) is 0 Å². The van der Waals surface area contributed by atoms with Crippen LogP contribution in [0.4, 0.5) is 0 Å². The van der Waals surface area contributed by atoms with Gasteiger partial charge in [-0.15, -0.1) is 0 Å². The van der Waals surface area contributed by atoms with Gasteiger partial charge in [0.25, 0.3) is 0 Å². The van der Waals surface area contributed by atoms with Gasteiger partial charge in [0, 0.05) is 17.7 Å². The highest BCUT2D eigenvalue weighted by Crippen LogP contribution is 1.98. The van der Waals surface area contributed by atoms with Gasteiger partial charge in [0.15, 0.2) is 0 Å². The normalized spacial score (nSPS) is 18.8. The molecule has 13 heavy (non-hydrogen) atoms. The van der Waals surface area contributed by atoms with Gasteiger partial charge in [0.05, 0.1) is 18.8 Å². The van der Waals surface area contributed by atoms with Gasteiger partial charge in [-0.25, -0.2) is 0 Å². The first-order valence-corrected chi connectivity index (χ1v) is 5.92. The highest BCUT2D eigenvalue weighted by molar-refractivity contribution is 7.99. The molecule has 1 N–H and O–H groups in total. The van der Waals surface area contributed by atoms with Crippen LogP contribution in [0, 0.1) is 0 Å². The van der Waals surface area contributed by atoms with Crippen molar-refractivity contribution in [3.05, 3.63) is 30.1 Å². The molecule has 0 atom stereocenters. The van der Waals surface area contributed by atoms with Crippen molar-refractivity contribution in [2.24, 2.45) is 0 Å². The molecule has 2 nitrogen and oxygen atoms in total. The van der Waals surface area contributed by atoms with Gasteiger partial charge in [-0.2, -0.15) is 11.8 Å². The van der Waals surface area contributed by atoms with Crippen LogP contribution in [-0.4, -0.2) is 29.6 Å². The van der Waals surface area contributed by atoms with E-state index in [9.17, 15) is 0 Å². The molecule has 1 aliphatic rings. The van der Waals surface area contributed by atoms with Gasteiger partial charge >= 0.3 is 0 Å². The Morgan fingerprint density at radius 1 is 1.31 bits per heavy atom. The van der Waals surface area contributed by atoms with Gasteiger partial charge < -0.3 is 4.90 Å². The monoisotopic (exact) mass is 195 g/mol. The lowest BCUT2D eigenvalue weighted by atomic mass is 10.3. The highest BCUT2D eigenvalue weighted by atomic mass is 32.2. The van der Waals surface area contributed by atoms with Crippen molar-refractivity contribution in [1.29, 1.82) is 0 Å². The van der Waals surface area contributed by atoms with Crippen molar-refractivity contribution in [3.63, 3.8) is 0 Å². The largest absolute Gasteiger partial charge is 0.329 e. The zero-order valence-electron chi connectivity index (χ0n) is 7.70. The van der Waals surface area contributed by atoms with Crippen molar-refractivity contribution >= 4 is 11.8 Å². The molecule has 0 bridgehead atoms.